The highest BCUT2D eigenvalue weighted by molar-refractivity contribution is 8.00. The summed E-state index contributed by atoms with van der Waals surface area (Å²) in [7, 11) is 0. The third kappa shape index (κ3) is 5.60. The van der Waals surface area contributed by atoms with Gasteiger partial charge in [-0.15, -0.1) is 0 Å². The molecule has 0 aromatic heterocycles. The van der Waals surface area contributed by atoms with Crippen LogP contribution in [0.2, 0.25) is 10.0 Å². The molecule has 166 valence electrons. The van der Waals surface area contributed by atoms with Crippen LogP contribution in [0.4, 0.5) is 5.69 Å². The SMILES string of the molecule is O=C(O)c1ccc(CNC(=O)c2cccc3c(NSc4cc(Cl)cc(Cl)c4)cccc23)cc1. The summed E-state index contributed by atoms with van der Waals surface area (Å²) in [6.07, 6.45) is 0. The summed E-state index contributed by atoms with van der Waals surface area (Å²) in [4.78, 5) is 24.8. The van der Waals surface area contributed by atoms with Crippen molar-refractivity contribution in [3.63, 3.8) is 0 Å². The molecule has 33 heavy (non-hydrogen) atoms. The number of carboxylic acids is 1. The molecule has 0 fully saturated rings. The summed E-state index contributed by atoms with van der Waals surface area (Å²) in [5.74, 6) is -1.20. The predicted octanol–water partition coefficient (Wildman–Crippen LogP) is 6.89. The zero-order valence-corrected chi connectivity index (χ0v) is 19.5. The Morgan fingerprint density at radius 1 is 0.848 bits per heavy atom. The fourth-order valence-electron chi connectivity index (χ4n) is 3.34. The molecule has 0 heterocycles. The van der Waals surface area contributed by atoms with Crippen LogP contribution in [0.15, 0.2) is 83.8 Å². The summed E-state index contributed by atoms with van der Waals surface area (Å²) < 4.78 is 3.32. The van der Waals surface area contributed by atoms with E-state index in [9.17, 15) is 9.59 Å². The highest BCUT2D eigenvalue weighted by Gasteiger charge is 2.12. The van der Waals surface area contributed by atoms with Crippen molar-refractivity contribution < 1.29 is 14.7 Å². The van der Waals surface area contributed by atoms with Crippen LogP contribution < -0.4 is 10.0 Å². The highest BCUT2D eigenvalue weighted by Crippen LogP contribution is 2.32. The van der Waals surface area contributed by atoms with E-state index in [1.165, 1.54) is 24.1 Å². The minimum atomic E-state index is -0.984. The molecule has 4 aromatic rings. The number of anilines is 1. The van der Waals surface area contributed by atoms with E-state index in [4.69, 9.17) is 28.3 Å². The average Bonchev–Trinajstić information content (AvgIpc) is 2.80. The first-order chi connectivity index (χ1) is 15.9. The molecule has 0 atom stereocenters. The number of rotatable bonds is 7. The molecule has 0 bridgehead atoms. The molecule has 0 spiro atoms. The molecule has 0 saturated heterocycles. The normalized spacial score (nSPS) is 10.7. The maximum atomic E-state index is 12.9. The number of hydrogen-bond donors (Lipinski definition) is 3. The molecule has 0 aliphatic rings. The lowest BCUT2D eigenvalue weighted by Gasteiger charge is -2.12. The average molecular weight is 497 g/mol. The Bertz CT molecular complexity index is 1320. The van der Waals surface area contributed by atoms with Gasteiger partial charge in [-0.1, -0.05) is 59.6 Å². The van der Waals surface area contributed by atoms with Crippen molar-refractivity contribution in [1.82, 2.24) is 5.32 Å². The molecule has 0 saturated carbocycles. The van der Waals surface area contributed by atoms with Crippen LogP contribution in [0.1, 0.15) is 26.3 Å². The topological polar surface area (TPSA) is 78.4 Å². The van der Waals surface area contributed by atoms with Crippen LogP contribution in [0, 0.1) is 0 Å². The van der Waals surface area contributed by atoms with Crippen LogP contribution in [0.25, 0.3) is 10.8 Å². The molecular weight excluding hydrogens is 479 g/mol. The number of nitrogens with one attached hydrogen (secondary N) is 2. The third-order valence-electron chi connectivity index (χ3n) is 4.94. The molecule has 5 nitrogen and oxygen atoms in total. The van der Waals surface area contributed by atoms with Crippen molar-refractivity contribution in [3.05, 3.63) is 106 Å². The number of amides is 1. The Balaban J connectivity index is 1.51. The third-order valence-corrected chi connectivity index (χ3v) is 6.17. The second-order valence-electron chi connectivity index (χ2n) is 7.20. The van der Waals surface area contributed by atoms with Gasteiger partial charge in [-0.25, -0.2) is 4.79 Å². The van der Waals surface area contributed by atoms with Crippen molar-refractivity contribution in [2.75, 3.05) is 4.72 Å². The van der Waals surface area contributed by atoms with Crippen molar-refractivity contribution in [3.8, 4) is 0 Å². The number of benzene rings is 4. The van der Waals surface area contributed by atoms with Crippen molar-refractivity contribution in [2.24, 2.45) is 0 Å². The Kier molecular flexibility index (Phi) is 7.08. The summed E-state index contributed by atoms with van der Waals surface area (Å²) in [6.45, 7) is 0.290. The Labute approximate surface area is 204 Å². The molecule has 0 unspecified atom stereocenters. The molecule has 0 aliphatic carbocycles. The van der Waals surface area contributed by atoms with Crippen LogP contribution in [0.5, 0.6) is 0 Å². The van der Waals surface area contributed by atoms with Crippen LogP contribution in [-0.2, 0) is 6.54 Å². The Morgan fingerprint density at radius 2 is 1.52 bits per heavy atom. The van der Waals surface area contributed by atoms with Gasteiger partial charge in [0, 0.05) is 32.4 Å². The summed E-state index contributed by atoms with van der Waals surface area (Å²) in [5.41, 5.74) is 2.42. The highest BCUT2D eigenvalue weighted by atomic mass is 35.5. The lowest BCUT2D eigenvalue weighted by molar-refractivity contribution is 0.0696. The van der Waals surface area contributed by atoms with Crippen molar-refractivity contribution in [2.45, 2.75) is 11.4 Å². The van der Waals surface area contributed by atoms with E-state index in [1.54, 1.807) is 24.3 Å². The fourth-order valence-corrected chi connectivity index (χ4v) is 4.77. The number of fused-ring (bicyclic) bond motifs is 1. The first kappa shape index (κ1) is 23.0. The lowest BCUT2D eigenvalue weighted by atomic mass is 10.0. The largest absolute Gasteiger partial charge is 0.478 e. The van der Waals surface area contributed by atoms with Gasteiger partial charge in [-0.05, 0) is 65.4 Å². The van der Waals surface area contributed by atoms with E-state index in [1.807, 2.05) is 42.5 Å². The quantitative estimate of drug-likeness (QED) is 0.242. The number of halogens is 2. The first-order valence-corrected chi connectivity index (χ1v) is 11.5. The molecule has 4 aromatic carbocycles. The monoisotopic (exact) mass is 496 g/mol. The molecule has 0 aliphatic heterocycles. The molecule has 8 heteroatoms. The van der Waals surface area contributed by atoms with Crippen LogP contribution in [0.3, 0.4) is 0 Å². The van der Waals surface area contributed by atoms with Gasteiger partial charge in [0.25, 0.3) is 5.91 Å². The van der Waals surface area contributed by atoms with Gasteiger partial charge in [0.1, 0.15) is 0 Å². The van der Waals surface area contributed by atoms with Gasteiger partial charge >= 0.3 is 5.97 Å². The number of hydrogen-bond acceptors (Lipinski definition) is 4. The van der Waals surface area contributed by atoms with Crippen molar-refractivity contribution in [1.29, 1.82) is 0 Å². The standard InChI is InChI=1S/C25H18Cl2N2O3S/c26-17-11-18(27)13-19(12-17)33-29-23-6-2-3-20-21(23)4-1-5-22(20)24(30)28-14-15-7-9-16(10-8-15)25(31)32/h1-13,29H,14H2,(H,28,30)(H,31,32). The fraction of sp³-hybridized carbons (Fsp3) is 0.0400. The second kappa shape index (κ2) is 10.2. The Morgan fingerprint density at radius 3 is 2.21 bits per heavy atom. The van der Waals surface area contributed by atoms with Gasteiger partial charge in [0.15, 0.2) is 0 Å². The van der Waals surface area contributed by atoms with Crippen LogP contribution in [-0.4, -0.2) is 17.0 Å². The van der Waals surface area contributed by atoms with E-state index in [0.29, 0.717) is 22.2 Å². The first-order valence-electron chi connectivity index (χ1n) is 9.92. The number of carboxylic acid groups (broad SMARTS) is 1. The minimum Gasteiger partial charge on any atom is -0.478 e. The number of carbonyl (C=O) groups is 2. The molecule has 1 amide bonds. The van der Waals surface area contributed by atoms with E-state index < -0.39 is 5.97 Å². The van der Waals surface area contributed by atoms with E-state index in [0.717, 1.165) is 26.9 Å². The molecule has 0 radical (unpaired) electrons. The molecule has 4 rings (SSSR count). The van der Waals surface area contributed by atoms with Crippen LogP contribution >= 0.6 is 35.1 Å². The second-order valence-corrected chi connectivity index (χ2v) is 8.95. The maximum absolute atomic E-state index is 12.9. The summed E-state index contributed by atoms with van der Waals surface area (Å²) >= 11 is 13.5. The number of aromatic carboxylic acids is 1. The summed E-state index contributed by atoms with van der Waals surface area (Å²) in [6, 6.07) is 23.0. The van der Waals surface area contributed by atoms with E-state index >= 15 is 0 Å². The Hall–Kier alpha value is -3.19. The van der Waals surface area contributed by atoms with Gasteiger partial charge in [0.05, 0.1) is 11.3 Å². The lowest BCUT2D eigenvalue weighted by Crippen LogP contribution is -2.23. The zero-order valence-electron chi connectivity index (χ0n) is 17.1. The van der Waals surface area contributed by atoms with E-state index in [-0.39, 0.29) is 11.5 Å². The molecular formula is C25H18Cl2N2O3S. The smallest absolute Gasteiger partial charge is 0.335 e. The minimum absolute atomic E-state index is 0.206. The zero-order chi connectivity index (χ0) is 23.4. The van der Waals surface area contributed by atoms with Gasteiger partial charge < -0.3 is 15.1 Å². The van der Waals surface area contributed by atoms with E-state index in [2.05, 4.69) is 10.0 Å². The predicted molar refractivity (Wildman–Crippen MR) is 134 cm³/mol. The maximum Gasteiger partial charge on any atom is 0.335 e. The van der Waals surface area contributed by atoms with Gasteiger partial charge in [-0.3, -0.25) is 4.79 Å². The van der Waals surface area contributed by atoms with Gasteiger partial charge in [0.2, 0.25) is 0 Å². The van der Waals surface area contributed by atoms with Crippen molar-refractivity contribution >= 4 is 63.5 Å². The summed E-state index contributed by atoms with van der Waals surface area (Å²) in [5, 5.41) is 14.7. The molecule has 3 N–H and O–H groups in total. The van der Waals surface area contributed by atoms with Gasteiger partial charge in [-0.2, -0.15) is 0 Å². The number of carbonyl (C=O) groups excluding carboxylic acids is 1.